The van der Waals surface area contributed by atoms with Crippen LogP contribution in [0.1, 0.15) is 18.9 Å². The Morgan fingerprint density at radius 2 is 2.03 bits per heavy atom. The summed E-state index contributed by atoms with van der Waals surface area (Å²) in [6, 6.07) is 13.1. The van der Waals surface area contributed by atoms with Gasteiger partial charge in [-0.15, -0.1) is 16.8 Å². The maximum Gasteiger partial charge on any atom is 0.237 e. The second kappa shape index (κ2) is 9.22. The summed E-state index contributed by atoms with van der Waals surface area (Å²) in [7, 11) is 0. The first-order valence-corrected chi connectivity index (χ1v) is 10.6. The van der Waals surface area contributed by atoms with Gasteiger partial charge in [0.15, 0.2) is 28.6 Å². The maximum atomic E-state index is 13.1. The van der Waals surface area contributed by atoms with Crippen molar-refractivity contribution in [3.8, 4) is 11.5 Å². The lowest BCUT2D eigenvalue weighted by atomic mass is 10.2. The van der Waals surface area contributed by atoms with Gasteiger partial charge in [-0.1, -0.05) is 30.0 Å². The van der Waals surface area contributed by atoms with Gasteiger partial charge in [-0.25, -0.2) is 4.39 Å². The van der Waals surface area contributed by atoms with Crippen LogP contribution in [0.15, 0.2) is 66.3 Å². The van der Waals surface area contributed by atoms with Crippen molar-refractivity contribution in [1.82, 2.24) is 14.8 Å². The van der Waals surface area contributed by atoms with E-state index in [9.17, 15) is 9.18 Å². The van der Waals surface area contributed by atoms with Gasteiger partial charge in [0.2, 0.25) is 5.91 Å². The molecule has 0 spiro atoms. The smallest absolute Gasteiger partial charge is 0.237 e. The first kappa shape index (κ1) is 20.9. The molecule has 7 nitrogen and oxygen atoms in total. The number of thioether (sulfide) groups is 1. The largest absolute Gasteiger partial charge is 0.485 e. The molecule has 0 saturated heterocycles. The normalized spacial score (nSPS) is 15.9. The summed E-state index contributed by atoms with van der Waals surface area (Å²) in [6.45, 7) is 6.34. The molecular formula is C22H21FN4O3S. The summed E-state index contributed by atoms with van der Waals surface area (Å²) in [5.74, 6) is 1.35. The number of allylic oxidation sites excluding steroid dienone is 1. The number of carbonyl (C=O) groups is 1. The number of carbonyl (C=O) groups excluding carboxylic acids is 1. The van der Waals surface area contributed by atoms with Crippen molar-refractivity contribution in [1.29, 1.82) is 0 Å². The van der Waals surface area contributed by atoms with Gasteiger partial charge in [0.05, 0.1) is 5.25 Å². The van der Waals surface area contributed by atoms with Gasteiger partial charge in [-0.3, -0.25) is 9.36 Å². The summed E-state index contributed by atoms with van der Waals surface area (Å²) in [6.07, 6.45) is 1.30. The van der Waals surface area contributed by atoms with Crippen LogP contribution in [0.4, 0.5) is 10.1 Å². The first-order chi connectivity index (χ1) is 15.0. The van der Waals surface area contributed by atoms with Crippen molar-refractivity contribution in [2.24, 2.45) is 0 Å². The minimum Gasteiger partial charge on any atom is -0.485 e. The molecule has 0 aliphatic carbocycles. The number of halogens is 1. The molecule has 0 bridgehead atoms. The standard InChI is InChI=1S/C22H21FN4O3S/c1-3-12-27-20(19-13-29-17-6-4-5-7-18(17)30-19)25-26-22(27)31-14(2)21(28)24-16-10-8-15(23)9-11-16/h3-11,14,19H,1,12-13H2,2H3,(H,24,28)/t14-,19-/m0/s1. The predicted molar refractivity (Wildman–Crippen MR) is 116 cm³/mol. The van der Waals surface area contributed by atoms with Gasteiger partial charge in [0, 0.05) is 12.2 Å². The van der Waals surface area contributed by atoms with E-state index in [1.807, 2.05) is 28.8 Å². The summed E-state index contributed by atoms with van der Waals surface area (Å²) in [5, 5.41) is 11.5. The van der Waals surface area contributed by atoms with Crippen LogP contribution >= 0.6 is 11.8 Å². The van der Waals surface area contributed by atoms with E-state index in [-0.39, 0.29) is 11.7 Å². The van der Waals surface area contributed by atoms with Crippen molar-refractivity contribution in [3.63, 3.8) is 0 Å². The van der Waals surface area contributed by atoms with Crippen LogP contribution in [0, 0.1) is 5.82 Å². The summed E-state index contributed by atoms with van der Waals surface area (Å²) < 4.78 is 26.8. The Kier molecular flexibility index (Phi) is 6.22. The minimum absolute atomic E-state index is 0.225. The molecule has 0 radical (unpaired) electrons. The molecule has 1 N–H and O–H groups in total. The molecule has 2 atom stereocenters. The molecule has 3 aromatic rings. The maximum absolute atomic E-state index is 13.1. The van der Waals surface area contributed by atoms with Gasteiger partial charge in [-0.2, -0.15) is 0 Å². The van der Waals surface area contributed by atoms with E-state index >= 15 is 0 Å². The number of hydrogen-bond donors (Lipinski definition) is 1. The molecule has 0 fully saturated rings. The van der Waals surface area contributed by atoms with Crippen molar-refractivity contribution >= 4 is 23.4 Å². The average molecular weight is 441 g/mol. The second-order valence-electron chi connectivity index (χ2n) is 6.86. The van der Waals surface area contributed by atoms with Gasteiger partial charge >= 0.3 is 0 Å². The zero-order valence-corrected chi connectivity index (χ0v) is 17.6. The second-order valence-corrected chi connectivity index (χ2v) is 8.17. The highest BCUT2D eigenvalue weighted by Gasteiger charge is 2.29. The third-order valence-corrected chi connectivity index (χ3v) is 5.70. The SMILES string of the molecule is C=CCn1c(S[C@@H](C)C(=O)Nc2ccc(F)cc2)nnc1[C@@H]1COc2ccccc2O1. The molecule has 0 saturated carbocycles. The number of anilines is 1. The van der Waals surface area contributed by atoms with Crippen molar-refractivity contribution in [2.45, 2.75) is 30.0 Å². The third kappa shape index (κ3) is 4.72. The fourth-order valence-electron chi connectivity index (χ4n) is 3.06. The number of amides is 1. The highest BCUT2D eigenvalue weighted by atomic mass is 32.2. The van der Waals surface area contributed by atoms with Crippen molar-refractivity contribution < 1.29 is 18.7 Å². The molecule has 31 heavy (non-hydrogen) atoms. The molecule has 160 valence electrons. The van der Waals surface area contributed by atoms with Crippen LogP contribution in [-0.2, 0) is 11.3 Å². The molecule has 9 heteroatoms. The first-order valence-electron chi connectivity index (χ1n) is 9.70. The Balaban J connectivity index is 1.48. The van der Waals surface area contributed by atoms with Crippen LogP contribution in [0.3, 0.4) is 0 Å². The number of ether oxygens (including phenoxy) is 2. The van der Waals surface area contributed by atoms with Gasteiger partial charge < -0.3 is 14.8 Å². The van der Waals surface area contributed by atoms with E-state index in [4.69, 9.17) is 9.47 Å². The van der Waals surface area contributed by atoms with Gasteiger partial charge in [0.1, 0.15) is 12.4 Å². The highest BCUT2D eigenvalue weighted by Crippen LogP contribution is 2.36. The molecule has 1 amide bonds. The number of rotatable bonds is 7. The minimum atomic E-state index is -0.463. The van der Waals surface area contributed by atoms with E-state index in [0.29, 0.717) is 41.3 Å². The lowest BCUT2D eigenvalue weighted by Gasteiger charge is -2.26. The Hall–Kier alpha value is -3.33. The number of aromatic nitrogens is 3. The molecule has 4 rings (SSSR count). The predicted octanol–water partition coefficient (Wildman–Crippen LogP) is 4.24. The van der Waals surface area contributed by atoms with Gasteiger partial charge in [0.25, 0.3) is 0 Å². The van der Waals surface area contributed by atoms with Crippen LogP contribution in [0.25, 0.3) is 0 Å². The summed E-state index contributed by atoms with van der Waals surface area (Å²) in [5.41, 5.74) is 0.526. The fourth-order valence-corrected chi connectivity index (χ4v) is 3.93. The number of hydrogen-bond acceptors (Lipinski definition) is 6. The third-order valence-electron chi connectivity index (χ3n) is 4.62. The van der Waals surface area contributed by atoms with E-state index in [1.165, 1.54) is 36.0 Å². The van der Waals surface area contributed by atoms with Crippen LogP contribution < -0.4 is 14.8 Å². The lowest BCUT2D eigenvalue weighted by Crippen LogP contribution is -2.25. The van der Waals surface area contributed by atoms with Crippen LogP contribution in [-0.4, -0.2) is 32.5 Å². The van der Waals surface area contributed by atoms with E-state index in [2.05, 4.69) is 22.1 Å². The number of nitrogens with one attached hydrogen (secondary N) is 1. The average Bonchev–Trinajstić information content (AvgIpc) is 3.17. The molecule has 1 aliphatic heterocycles. The summed E-state index contributed by atoms with van der Waals surface area (Å²) >= 11 is 1.27. The summed E-state index contributed by atoms with van der Waals surface area (Å²) in [4.78, 5) is 12.6. The van der Waals surface area contributed by atoms with E-state index < -0.39 is 11.4 Å². The van der Waals surface area contributed by atoms with E-state index in [0.717, 1.165) is 0 Å². The topological polar surface area (TPSA) is 78.3 Å². The molecule has 0 unspecified atom stereocenters. The number of fused-ring (bicyclic) bond motifs is 1. The fraction of sp³-hybridized carbons (Fsp3) is 0.227. The lowest BCUT2D eigenvalue weighted by molar-refractivity contribution is -0.115. The Morgan fingerprint density at radius 1 is 1.29 bits per heavy atom. The Morgan fingerprint density at radius 3 is 2.77 bits per heavy atom. The van der Waals surface area contributed by atoms with Crippen molar-refractivity contribution in [2.75, 3.05) is 11.9 Å². The molecule has 1 aliphatic rings. The van der Waals surface area contributed by atoms with Crippen LogP contribution in [0.5, 0.6) is 11.5 Å². The number of benzene rings is 2. The quantitative estimate of drug-likeness (QED) is 0.438. The van der Waals surface area contributed by atoms with Crippen molar-refractivity contribution in [3.05, 3.63) is 72.8 Å². The van der Waals surface area contributed by atoms with Crippen LogP contribution in [0.2, 0.25) is 0 Å². The molecule has 2 heterocycles. The zero-order valence-electron chi connectivity index (χ0n) is 16.8. The monoisotopic (exact) mass is 440 g/mol. The Labute approximate surface area is 183 Å². The molecular weight excluding hydrogens is 419 g/mol. The molecule has 2 aromatic carbocycles. The highest BCUT2D eigenvalue weighted by molar-refractivity contribution is 8.00. The van der Waals surface area contributed by atoms with E-state index in [1.54, 1.807) is 13.0 Å². The molecule has 1 aromatic heterocycles. The van der Waals surface area contributed by atoms with Gasteiger partial charge in [-0.05, 0) is 43.3 Å². The zero-order chi connectivity index (χ0) is 21.8. The number of para-hydroxylation sites is 2. The number of nitrogens with zero attached hydrogens (tertiary/aromatic N) is 3. The Bertz CT molecular complexity index is 1090.